The maximum Gasteiger partial charge on any atom is 0.0619 e. The number of aromatic nitrogens is 1. The fourth-order valence-electron chi connectivity index (χ4n) is 9.82. The SMILES string of the molecule is CC1(C)c2cc(N(c3ccc(-c4ccccc4)cc3)c3ccc4c(c3)c3cccc5c6cccc7cccc(c76)n4c53)ccc2-c2cc3ccccc3cc21. The van der Waals surface area contributed by atoms with E-state index in [-0.39, 0.29) is 5.41 Å². The van der Waals surface area contributed by atoms with Crippen LogP contribution in [-0.4, -0.2) is 4.40 Å². The molecule has 2 aromatic heterocycles. The Labute approximate surface area is 319 Å². The highest BCUT2D eigenvalue weighted by atomic mass is 15.1. The van der Waals surface area contributed by atoms with E-state index in [4.69, 9.17) is 0 Å². The van der Waals surface area contributed by atoms with Gasteiger partial charge in [-0.1, -0.05) is 135 Å². The lowest BCUT2D eigenvalue weighted by molar-refractivity contribution is 0.661. The van der Waals surface area contributed by atoms with Gasteiger partial charge in [-0.2, -0.15) is 0 Å². The van der Waals surface area contributed by atoms with Gasteiger partial charge in [-0.05, 0) is 116 Å². The van der Waals surface area contributed by atoms with Gasteiger partial charge in [-0.15, -0.1) is 0 Å². The fraction of sp³-hybridized carbons (Fsp3) is 0.0566. The number of para-hydroxylation sites is 1. The lowest BCUT2D eigenvalue weighted by Gasteiger charge is -2.28. The van der Waals surface area contributed by atoms with Crippen LogP contribution in [0.1, 0.15) is 25.0 Å². The summed E-state index contributed by atoms with van der Waals surface area (Å²) in [5.74, 6) is 0. The Hall–Kier alpha value is -6.90. The molecule has 0 bridgehead atoms. The summed E-state index contributed by atoms with van der Waals surface area (Å²) in [5, 5.41) is 10.3. The third-order valence-corrected chi connectivity index (χ3v) is 12.5. The van der Waals surface area contributed by atoms with Gasteiger partial charge in [0.05, 0.1) is 16.6 Å². The molecule has 0 fully saturated rings. The van der Waals surface area contributed by atoms with Crippen molar-refractivity contribution in [2.24, 2.45) is 0 Å². The van der Waals surface area contributed by atoms with E-state index in [1.54, 1.807) is 0 Å². The molecule has 12 rings (SSSR count). The topological polar surface area (TPSA) is 7.65 Å². The zero-order chi connectivity index (χ0) is 36.4. The van der Waals surface area contributed by atoms with Crippen molar-refractivity contribution < 1.29 is 0 Å². The zero-order valence-corrected chi connectivity index (χ0v) is 30.7. The molecule has 0 radical (unpaired) electrons. The molecule has 0 N–H and O–H groups in total. The lowest BCUT2D eigenvalue weighted by atomic mass is 9.81. The van der Waals surface area contributed by atoms with Gasteiger partial charge in [0.2, 0.25) is 0 Å². The Morgan fingerprint density at radius 3 is 1.82 bits per heavy atom. The summed E-state index contributed by atoms with van der Waals surface area (Å²) in [6.45, 7) is 4.77. The molecule has 2 heterocycles. The zero-order valence-electron chi connectivity index (χ0n) is 30.7. The summed E-state index contributed by atoms with van der Waals surface area (Å²) in [6.07, 6.45) is 0. The molecule has 2 heteroatoms. The van der Waals surface area contributed by atoms with Crippen molar-refractivity contribution in [3.8, 4) is 22.3 Å². The molecule has 1 aliphatic rings. The Morgan fingerprint density at radius 2 is 1.00 bits per heavy atom. The van der Waals surface area contributed by atoms with E-state index in [0.29, 0.717) is 0 Å². The first-order valence-corrected chi connectivity index (χ1v) is 19.3. The van der Waals surface area contributed by atoms with E-state index in [1.165, 1.54) is 93.0 Å². The second kappa shape index (κ2) is 11.1. The van der Waals surface area contributed by atoms with Gasteiger partial charge in [0.15, 0.2) is 0 Å². The minimum atomic E-state index is -0.146. The molecule has 2 nitrogen and oxygen atoms in total. The standard InChI is InChI=1S/C53H36N2/c1-53(2)47-30-37-14-7-6-13-36(37)29-45(47)41-27-25-40(32-48(41)53)54(38-23-21-34(22-24-38)33-11-4-3-5-12-33)39-26-28-49-46(31-39)44-19-10-18-43-42-17-8-15-35-16-9-20-50(51(35)42)55(49)52(43)44/h3-32H,1-2H3. The van der Waals surface area contributed by atoms with Gasteiger partial charge in [-0.3, -0.25) is 0 Å². The second-order valence-corrected chi connectivity index (χ2v) is 15.8. The predicted molar refractivity (Wildman–Crippen MR) is 234 cm³/mol. The number of hydrogen-bond donors (Lipinski definition) is 0. The molecule has 0 spiro atoms. The first-order valence-electron chi connectivity index (χ1n) is 19.3. The van der Waals surface area contributed by atoms with Crippen LogP contribution in [0.15, 0.2) is 182 Å². The molecule has 258 valence electrons. The Morgan fingerprint density at radius 1 is 0.400 bits per heavy atom. The molecule has 0 atom stereocenters. The summed E-state index contributed by atoms with van der Waals surface area (Å²) in [5.41, 5.74) is 14.9. The summed E-state index contributed by atoms with van der Waals surface area (Å²) in [7, 11) is 0. The third-order valence-electron chi connectivity index (χ3n) is 12.5. The fourth-order valence-corrected chi connectivity index (χ4v) is 9.82. The molecule has 55 heavy (non-hydrogen) atoms. The maximum atomic E-state index is 2.50. The minimum absolute atomic E-state index is 0.146. The largest absolute Gasteiger partial charge is 0.310 e. The van der Waals surface area contributed by atoms with Crippen molar-refractivity contribution in [1.29, 1.82) is 0 Å². The van der Waals surface area contributed by atoms with E-state index in [2.05, 4.69) is 205 Å². The lowest BCUT2D eigenvalue weighted by Crippen LogP contribution is -2.16. The van der Waals surface area contributed by atoms with Gasteiger partial charge in [0, 0.05) is 44.0 Å². The molecule has 9 aromatic carbocycles. The van der Waals surface area contributed by atoms with Crippen molar-refractivity contribution in [3.05, 3.63) is 193 Å². The molecule has 0 saturated carbocycles. The van der Waals surface area contributed by atoms with Crippen LogP contribution in [0.4, 0.5) is 17.1 Å². The van der Waals surface area contributed by atoms with Crippen molar-refractivity contribution in [2.75, 3.05) is 4.90 Å². The van der Waals surface area contributed by atoms with Crippen molar-refractivity contribution in [3.63, 3.8) is 0 Å². The van der Waals surface area contributed by atoms with Crippen molar-refractivity contribution in [2.45, 2.75) is 19.3 Å². The van der Waals surface area contributed by atoms with Crippen molar-refractivity contribution >= 4 is 76.7 Å². The third kappa shape index (κ3) is 4.25. The smallest absolute Gasteiger partial charge is 0.0619 e. The highest BCUT2D eigenvalue weighted by molar-refractivity contribution is 6.27. The number of hydrogen-bond acceptors (Lipinski definition) is 1. The number of fused-ring (bicyclic) bond motifs is 9. The average Bonchev–Trinajstić information content (AvgIpc) is 3.68. The Balaban J connectivity index is 1.09. The van der Waals surface area contributed by atoms with E-state index in [9.17, 15) is 0 Å². The summed E-state index contributed by atoms with van der Waals surface area (Å²) in [4.78, 5) is 2.45. The van der Waals surface area contributed by atoms with Gasteiger partial charge in [0.1, 0.15) is 0 Å². The number of rotatable bonds is 4. The monoisotopic (exact) mass is 700 g/mol. The van der Waals surface area contributed by atoms with Crippen LogP contribution in [0.3, 0.4) is 0 Å². The molecular formula is C53H36N2. The van der Waals surface area contributed by atoms with E-state index < -0.39 is 0 Å². The van der Waals surface area contributed by atoms with E-state index >= 15 is 0 Å². The van der Waals surface area contributed by atoms with Gasteiger partial charge < -0.3 is 9.30 Å². The normalized spacial score (nSPS) is 13.4. The first-order chi connectivity index (χ1) is 27.0. The van der Waals surface area contributed by atoms with E-state index in [1.807, 2.05) is 0 Å². The van der Waals surface area contributed by atoms with E-state index in [0.717, 1.165) is 17.1 Å². The Bertz CT molecular complexity index is 3330. The number of benzene rings is 9. The minimum Gasteiger partial charge on any atom is -0.310 e. The Kier molecular flexibility index (Phi) is 6.15. The van der Waals surface area contributed by atoms with Gasteiger partial charge >= 0.3 is 0 Å². The van der Waals surface area contributed by atoms with Crippen LogP contribution in [0.25, 0.3) is 81.9 Å². The van der Waals surface area contributed by atoms with Crippen molar-refractivity contribution in [1.82, 2.24) is 4.40 Å². The molecule has 0 unspecified atom stereocenters. The highest BCUT2D eigenvalue weighted by Gasteiger charge is 2.36. The van der Waals surface area contributed by atoms with Crippen LogP contribution in [0, 0.1) is 0 Å². The van der Waals surface area contributed by atoms with Crippen LogP contribution >= 0.6 is 0 Å². The maximum absolute atomic E-state index is 2.50. The van der Waals surface area contributed by atoms with Gasteiger partial charge in [-0.25, -0.2) is 0 Å². The summed E-state index contributed by atoms with van der Waals surface area (Å²) >= 11 is 0. The molecule has 0 aliphatic heterocycles. The van der Waals surface area contributed by atoms with Crippen LogP contribution < -0.4 is 4.90 Å². The molecule has 0 saturated heterocycles. The molecule has 11 aromatic rings. The van der Waals surface area contributed by atoms with Crippen LogP contribution in [-0.2, 0) is 5.41 Å². The average molecular weight is 701 g/mol. The number of pyridine rings is 1. The quantitative estimate of drug-likeness (QED) is 0.131. The second-order valence-electron chi connectivity index (χ2n) is 15.8. The molecule has 1 aliphatic carbocycles. The number of anilines is 3. The van der Waals surface area contributed by atoms with Crippen LogP contribution in [0.5, 0.6) is 0 Å². The highest BCUT2D eigenvalue weighted by Crippen LogP contribution is 2.52. The van der Waals surface area contributed by atoms with Crippen LogP contribution in [0.2, 0.25) is 0 Å². The summed E-state index contributed by atoms with van der Waals surface area (Å²) < 4.78 is 2.50. The predicted octanol–water partition coefficient (Wildman–Crippen LogP) is 14.6. The number of nitrogens with zero attached hydrogens (tertiary/aromatic N) is 2. The molecular weight excluding hydrogens is 665 g/mol. The molecule has 0 amide bonds. The van der Waals surface area contributed by atoms with Gasteiger partial charge in [0.25, 0.3) is 0 Å². The summed E-state index contributed by atoms with van der Waals surface area (Å²) in [6, 6.07) is 67.7. The first kappa shape index (κ1) is 30.6.